The van der Waals surface area contributed by atoms with Crippen molar-refractivity contribution in [2.75, 3.05) is 12.4 Å². The maximum atomic E-state index is 12.2. The van der Waals surface area contributed by atoms with Gasteiger partial charge >= 0.3 is 0 Å². The van der Waals surface area contributed by atoms with Gasteiger partial charge in [0.15, 0.2) is 0 Å². The number of hydrogen-bond acceptors (Lipinski definition) is 3. The first-order valence-electron chi connectivity index (χ1n) is 6.58. The fourth-order valence-corrected chi connectivity index (χ4v) is 2.30. The van der Waals surface area contributed by atoms with Crippen molar-refractivity contribution in [2.24, 2.45) is 0 Å². The van der Waals surface area contributed by atoms with E-state index in [0.29, 0.717) is 5.69 Å². The summed E-state index contributed by atoms with van der Waals surface area (Å²) in [6, 6.07) is 12.6. The number of phenols is 1. The fourth-order valence-electron chi connectivity index (χ4n) is 1.95. The number of halogens is 1. The van der Waals surface area contributed by atoms with Crippen molar-refractivity contribution >= 4 is 27.5 Å². The minimum absolute atomic E-state index is 0.0541. The monoisotopic (exact) mass is 348 g/mol. The third kappa shape index (κ3) is 3.83. The molecule has 21 heavy (non-hydrogen) atoms. The number of rotatable bonds is 4. The second-order valence-electron chi connectivity index (χ2n) is 4.75. The number of anilines is 1. The van der Waals surface area contributed by atoms with E-state index in [0.717, 1.165) is 10.0 Å². The molecule has 1 amide bonds. The fraction of sp³-hybridized carbons (Fsp3) is 0.188. The lowest BCUT2D eigenvalue weighted by Crippen LogP contribution is -2.14. The molecular weight excluding hydrogens is 332 g/mol. The summed E-state index contributed by atoms with van der Waals surface area (Å²) in [4.78, 5) is 12.2. The average molecular weight is 349 g/mol. The molecule has 0 aliphatic carbocycles. The number of hydrogen-bond donors (Lipinski definition) is 3. The van der Waals surface area contributed by atoms with Crippen molar-refractivity contribution in [3.8, 4) is 5.75 Å². The summed E-state index contributed by atoms with van der Waals surface area (Å²) < 4.78 is 0.724. The Labute approximate surface area is 132 Å². The molecule has 0 radical (unpaired) electrons. The second-order valence-corrected chi connectivity index (χ2v) is 5.67. The number of carbonyl (C=O) groups excluding carboxylic acids is 1. The molecule has 1 atom stereocenters. The largest absolute Gasteiger partial charge is 0.507 e. The molecule has 1 unspecified atom stereocenters. The van der Waals surface area contributed by atoms with Gasteiger partial charge in [0.1, 0.15) is 5.75 Å². The van der Waals surface area contributed by atoms with Gasteiger partial charge < -0.3 is 15.7 Å². The maximum Gasteiger partial charge on any atom is 0.259 e. The van der Waals surface area contributed by atoms with E-state index in [1.54, 1.807) is 12.1 Å². The molecule has 0 aromatic heterocycles. The van der Waals surface area contributed by atoms with Gasteiger partial charge in [0.25, 0.3) is 5.91 Å². The summed E-state index contributed by atoms with van der Waals surface area (Å²) in [7, 11) is 1.88. The van der Waals surface area contributed by atoms with Crippen molar-refractivity contribution in [2.45, 2.75) is 13.0 Å². The number of carbonyl (C=O) groups is 1. The van der Waals surface area contributed by atoms with E-state index in [1.807, 2.05) is 38.2 Å². The Morgan fingerprint density at radius 2 is 2.00 bits per heavy atom. The predicted molar refractivity (Wildman–Crippen MR) is 87.7 cm³/mol. The van der Waals surface area contributed by atoms with Gasteiger partial charge in [-0.1, -0.05) is 28.1 Å². The van der Waals surface area contributed by atoms with Gasteiger partial charge in [0, 0.05) is 16.2 Å². The lowest BCUT2D eigenvalue weighted by Gasteiger charge is -2.13. The summed E-state index contributed by atoms with van der Waals surface area (Å²) in [6.07, 6.45) is 0. The zero-order chi connectivity index (χ0) is 15.4. The Bertz CT molecular complexity index is 658. The normalized spacial score (nSPS) is 12.0. The minimum atomic E-state index is -0.339. The molecular formula is C16H17BrN2O2. The number of phenolic OH excluding ortho intramolecular Hbond substituents is 1. The predicted octanol–water partition coefficient (Wildman–Crippen LogP) is 3.69. The molecule has 0 saturated heterocycles. The van der Waals surface area contributed by atoms with Crippen LogP contribution < -0.4 is 10.6 Å². The molecule has 0 fully saturated rings. The van der Waals surface area contributed by atoms with Crippen LogP contribution in [0.25, 0.3) is 0 Å². The van der Waals surface area contributed by atoms with E-state index in [2.05, 4.69) is 26.6 Å². The minimum Gasteiger partial charge on any atom is -0.507 e. The molecule has 0 aliphatic rings. The topological polar surface area (TPSA) is 61.4 Å². The molecule has 2 aromatic rings. The zero-order valence-electron chi connectivity index (χ0n) is 11.9. The van der Waals surface area contributed by atoms with Crippen LogP contribution in [-0.4, -0.2) is 18.1 Å². The van der Waals surface area contributed by atoms with Crippen molar-refractivity contribution < 1.29 is 9.90 Å². The van der Waals surface area contributed by atoms with Crippen molar-refractivity contribution in [1.82, 2.24) is 5.32 Å². The summed E-state index contributed by atoms with van der Waals surface area (Å²) in [5.41, 5.74) is 2.02. The van der Waals surface area contributed by atoms with Crippen LogP contribution in [0, 0.1) is 0 Å². The smallest absolute Gasteiger partial charge is 0.259 e. The average Bonchev–Trinajstić information content (AvgIpc) is 2.46. The van der Waals surface area contributed by atoms with E-state index in [-0.39, 0.29) is 23.3 Å². The molecule has 2 rings (SSSR count). The molecule has 0 saturated carbocycles. The van der Waals surface area contributed by atoms with Gasteiger partial charge in [-0.3, -0.25) is 4.79 Å². The van der Waals surface area contributed by atoms with Gasteiger partial charge in [-0.25, -0.2) is 0 Å². The number of aromatic hydroxyl groups is 1. The molecule has 0 heterocycles. The van der Waals surface area contributed by atoms with Crippen molar-refractivity contribution in [1.29, 1.82) is 0 Å². The summed E-state index contributed by atoms with van der Waals surface area (Å²) >= 11 is 3.25. The molecule has 4 nitrogen and oxygen atoms in total. The Kier molecular flexibility index (Phi) is 4.98. The van der Waals surface area contributed by atoms with E-state index in [9.17, 15) is 9.90 Å². The highest BCUT2D eigenvalue weighted by Crippen LogP contribution is 2.24. The van der Waals surface area contributed by atoms with Crippen LogP contribution in [0.2, 0.25) is 0 Å². The Morgan fingerprint density at radius 1 is 1.24 bits per heavy atom. The van der Waals surface area contributed by atoms with Crippen LogP contribution >= 0.6 is 15.9 Å². The molecule has 110 valence electrons. The highest BCUT2D eigenvalue weighted by atomic mass is 79.9. The first-order chi connectivity index (χ1) is 10.0. The molecule has 5 heteroatoms. The van der Waals surface area contributed by atoms with E-state index >= 15 is 0 Å². The van der Waals surface area contributed by atoms with Crippen molar-refractivity contribution in [3.63, 3.8) is 0 Å². The van der Waals surface area contributed by atoms with Gasteiger partial charge in [-0.2, -0.15) is 0 Å². The Morgan fingerprint density at radius 3 is 2.67 bits per heavy atom. The summed E-state index contributed by atoms with van der Waals surface area (Å²) in [6.45, 7) is 2.04. The van der Waals surface area contributed by atoms with Crippen LogP contribution in [-0.2, 0) is 0 Å². The van der Waals surface area contributed by atoms with Crippen LogP contribution in [0.4, 0.5) is 5.69 Å². The van der Waals surface area contributed by atoms with Gasteiger partial charge in [0.2, 0.25) is 0 Å². The molecule has 0 aliphatic heterocycles. The molecule has 0 spiro atoms. The first-order valence-corrected chi connectivity index (χ1v) is 7.37. The lowest BCUT2D eigenvalue weighted by molar-refractivity contribution is 0.102. The molecule has 2 aromatic carbocycles. The van der Waals surface area contributed by atoms with Crippen LogP contribution in [0.5, 0.6) is 5.75 Å². The number of nitrogens with one attached hydrogen (secondary N) is 2. The first kappa shape index (κ1) is 15.5. The highest BCUT2D eigenvalue weighted by molar-refractivity contribution is 9.10. The lowest BCUT2D eigenvalue weighted by atomic mass is 10.1. The third-order valence-corrected chi connectivity index (χ3v) is 3.78. The molecule has 0 bridgehead atoms. The van der Waals surface area contributed by atoms with E-state index in [4.69, 9.17) is 0 Å². The van der Waals surface area contributed by atoms with Gasteiger partial charge in [-0.15, -0.1) is 0 Å². The van der Waals surface area contributed by atoms with Crippen molar-refractivity contribution in [3.05, 3.63) is 58.1 Å². The Balaban J connectivity index is 2.19. The zero-order valence-corrected chi connectivity index (χ0v) is 13.4. The third-order valence-electron chi connectivity index (χ3n) is 3.28. The molecule has 3 N–H and O–H groups in total. The highest BCUT2D eigenvalue weighted by Gasteiger charge is 2.12. The second kappa shape index (κ2) is 6.74. The summed E-state index contributed by atoms with van der Waals surface area (Å²) in [5.74, 6) is -0.393. The number of amides is 1. The standard InChI is InChI=1S/C16H17BrN2O2/c1-10(18-2)11-4-3-5-13(8-11)19-16(21)14-7-6-12(17)9-15(14)20/h3-10,18,20H,1-2H3,(H,19,21). The van der Waals surface area contributed by atoms with Crippen LogP contribution in [0.15, 0.2) is 46.9 Å². The van der Waals surface area contributed by atoms with Crippen LogP contribution in [0.3, 0.4) is 0 Å². The van der Waals surface area contributed by atoms with Gasteiger partial charge in [-0.05, 0) is 49.9 Å². The van der Waals surface area contributed by atoms with Gasteiger partial charge in [0.05, 0.1) is 5.56 Å². The SMILES string of the molecule is CNC(C)c1cccc(NC(=O)c2ccc(Br)cc2O)c1. The maximum absolute atomic E-state index is 12.2. The van der Waals surface area contributed by atoms with E-state index in [1.165, 1.54) is 6.07 Å². The number of benzene rings is 2. The van der Waals surface area contributed by atoms with Crippen LogP contribution in [0.1, 0.15) is 28.9 Å². The summed E-state index contributed by atoms with van der Waals surface area (Å²) in [5, 5.41) is 15.8. The quantitative estimate of drug-likeness (QED) is 0.789. The Hall–Kier alpha value is -1.85. The van der Waals surface area contributed by atoms with E-state index < -0.39 is 0 Å².